The summed E-state index contributed by atoms with van der Waals surface area (Å²) in [5.74, 6) is -1.13. The third-order valence-corrected chi connectivity index (χ3v) is 12.1. The number of aryl methyl sites for hydroxylation is 1. The molecule has 0 spiro atoms. The molecule has 9 rings (SSSR count). The molecule has 3 fully saturated rings. The normalized spacial score (nSPS) is 18.6. The molecule has 5 amide bonds. The van der Waals surface area contributed by atoms with Crippen LogP contribution in [0.5, 0.6) is 0 Å². The lowest BCUT2D eigenvalue weighted by Crippen LogP contribution is -2.54. The third-order valence-electron chi connectivity index (χ3n) is 12.1. The largest absolute Gasteiger partial charge is 0.372 e. The van der Waals surface area contributed by atoms with Crippen LogP contribution in [-0.4, -0.2) is 106 Å². The molecule has 61 heavy (non-hydrogen) atoms. The van der Waals surface area contributed by atoms with E-state index in [0.29, 0.717) is 34.2 Å². The van der Waals surface area contributed by atoms with Crippen molar-refractivity contribution < 1.29 is 24.0 Å². The molecule has 15 heteroatoms. The smallest absolute Gasteiger partial charge is 0.262 e. The highest BCUT2D eigenvalue weighted by Crippen LogP contribution is 2.32. The van der Waals surface area contributed by atoms with Gasteiger partial charge in [-0.2, -0.15) is 0 Å². The van der Waals surface area contributed by atoms with Crippen molar-refractivity contribution in [2.75, 3.05) is 66.2 Å². The Morgan fingerprint density at radius 2 is 1.54 bits per heavy atom. The number of benzene rings is 3. The Bertz CT molecular complexity index is 2500. The fraction of sp³-hybridized carbons (Fsp3) is 0.304. The highest BCUT2D eigenvalue weighted by atomic mass is 16.2. The van der Waals surface area contributed by atoms with Crippen molar-refractivity contribution in [3.63, 3.8) is 0 Å². The summed E-state index contributed by atoms with van der Waals surface area (Å²) >= 11 is 0. The van der Waals surface area contributed by atoms with Crippen LogP contribution in [0, 0.1) is 12.8 Å². The Balaban J connectivity index is 0.735. The number of piperidine rings is 2. The second-order valence-corrected chi connectivity index (χ2v) is 16.1. The zero-order chi connectivity index (χ0) is 42.0. The van der Waals surface area contributed by atoms with Gasteiger partial charge in [-0.1, -0.05) is 6.07 Å². The van der Waals surface area contributed by atoms with Crippen molar-refractivity contribution >= 4 is 58.2 Å². The van der Waals surface area contributed by atoms with Gasteiger partial charge in [0.05, 0.1) is 16.8 Å². The Morgan fingerprint density at radius 3 is 2.30 bits per heavy atom. The molecule has 15 nitrogen and oxygen atoms in total. The lowest BCUT2D eigenvalue weighted by Gasteiger charge is -2.40. The minimum atomic E-state index is -0.974. The van der Waals surface area contributed by atoms with Crippen LogP contribution in [0.2, 0.25) is 0 Å². The number of pyridine rings is 1. The quantitative estimate of drug-likeness (QED) is 0.156. The fourth-order valence-corrected chi connectivity index (χ4v) is 8.66. The lowest BCUT2D eigenvalue weighted by molar-refractivity contribution is -0.136. The summed E-state index contributed by atoms with van der Waals surface area (Å²) in [5.41, 5.74) is 7.25. The zero-order valence-electron chi connectivity index (χ0n) is 33.8. The summed E-state index contributed by atoms with van der Waals surface area (Å²) in [6.07, 6.45) is 7.57. The van der Waals surface area contributed by atoms with Crippen LogP contribution in [0.3, 0.4) is 0 Å². The predicted molar refractivity (Wildman–Crippen MR) is 231 cm³/mol. The van der Waals surface area contributed by atoms with Crippen molar-refractivity contribution in [2.24, 2.45) is 5.92 Å². The average molecular weight is 819 g/mol. The minimum Gasteiger partial charge on any atom is -0.372 e. The van der Waals surface area contributed by atoms with Gasteiger partial charge in [-0.25, -0.2) is 9.97 Å². The predicted octanol–water partition coefficient (Wildman–Crippen LogP) is 5.28. The van der Waals surface area contributed by atoms with Gasteiger partial charge < -0.3 is 20.4 Å². The molecular weight excluding hydrogens is 773 g/mol. The van der Waals surface area contributed by atoms with Gasteiger partial charge >= 0.3 is 0 Å². The maximum Gasteiger partial charge on any atom is 0.262 e. The van der Waals surface area contributed by atoms with Crippen LogP contribution >= 0.6 is 0 Å². The average Bonchev–Trinajstić information content (AvgIpc) is 3.53. The molecule has 5 aromatic rings. The van der Waals surface area contributed by atoms with Crippen molar-refractivity contribution in [1.29, 1.82) is 0 Å². The molecule has 3 aromatic carbocycles. The SMILES string of the molecule is Cc1ccc(NC(=O)c2ccc(N3CCC(CN4CCN(c5ccc6c(c5)C(=O)N(C5CCC(=O)NC5=O)C6=O)CC4)CC3)cc2)cc1Nc1nccc(-c2cccnc2)n1. The van der Waals surface area contributed by atoms with Crippen LogP contribution in [0.15, 0.2) is 97.5 Å². The van der Waals surface area contributed by atoms with E-state index >= 15 is 0 Å². The first-order chi connectivity index (χ1) is 29.7. The number of nitrogens with zero attached hydrogens (tertiary/aromatic N) is 7. The summed E-state index contributed by atoms with van der Waals surface area (Å²) in [7, 11) is 0. The Labute approximate surface area is 353 Å². The first-order valence-electron chi connectivity index (χ1n) is 20.8. The molecule has 3 N–H and O–H groups in total. The van der Waals surface area contributed by atoms with Gasteiger partial charge in [-0.3, -0.25) is 44.1 Å². The molecule has 3 saturated heterocycles. The van der Waals surface area contributed by atoms with Crippen LogP contribution in [0.1, 0.15) is 62.3 Å². The van der Waals surface area contributed by atoms with E-state index in [-0.39, 0.29) is 18.7 Å². The number of nitrogens with one attached hydrogen (secondary N) is 3. The number of anilines is 5. The van der Waals surface area contributed by atoms with Gasteiger partial charge in [0.2, 0.25) is 17.8 Å². The molecule has 0 radical (unpaired) electrons. The topological polar surface area (TPSA) is 173 Å². The van der Waals surface area contributed by atoms with Gasteiger partial charge in [0.15, 0.2) is 0 Å². The number of amides is 5. The number of rotatable bonds is 10. The van der Waals surface area contributed by atoms with Crippen molar-refractivity contribution in [3.8, 4) is 11.3 Å². The second-order valence-electron chi connectivity index (χ2n) is 16.1. The summed E-state index contributed by atoms with van der Waals surface area (Å²) in [5, 5.41) is 8.58. The van der Waals surface area contributed by atoms with E-state index in [1.807, 2.05) is 73.7 Å². The Hall–Kier alpha value is -7.00. The molecule has 4 aliphatic heterocycles. The highest BCUT2D eigenvalue weighted by molar-refractivity contribution is 6.23. The number of fused-ring (bicyclic) bond motifs is 1. The molecule has 6 heterocycles. The number of carbonyl (C=O) groups is 5. The van der Waals surface area contributed by atoms with Gasteiger partial charge in [-0.05, 0) is 110 Å². The van der Waals surface area contributed by atoms with E-state index in [0.717, 1.165) is 97.4 Å². The minimum absolute atomic E-state index is 0.0911. The molecule has 0 aliphatic carbocycles. The molecule has 1 unspecified atom stereocenters. The summed E-state index contributed by atoms with van der Waals surface area (Å²) in [4.78, 5) is 85.2. The number of piperazine rings is 1. The summed E-state index contributed by atoms with van der Waals surface area (Å²) < 4.78 is 0. The van der Waals surface area contributed by atoms with Crippen LogP contribution in [-0.2, 0) is 9.59 Å². The molecule has 4 aliphatic rings. The van der Waals surface area contributed by atoms with E-state index in [1.165, 1.54) is 0 Å². The van der Waals surface area contributed by atoms with E-state index in [4.69, 9.17) is 0 Å². The van der Waals surface area contributed by atoms with Crippen LogP contribution in [0.25, 0.3) is 11.3 Å². The molecular formula is C46H46N10O5. The van der Waals surface area contributed by atoms with Gasteiger partial charge in [0, 0.05) is 105 Å². The first-order valence-corrected chi connectivity index (χ1v) is 20.8. The van der Waals surface area contributed by atoms with Gasteiger partial charge in [-0.15, -0.1) is 0 Å². The number of carbonyl (C=O) groups excluding carboxylic acids is 5. The molecule has 0 saturated carbocycles. The number of aromatic nitrogens is 3. The molecule has 2 aromatic heterocycles. The van der Waals surface area contributed by atoms with Gasteiger partial charge in [0.25, 0.3) is 17.7 Å². The zero-order valence-corrected chi connectivity index (χ0v) is 33.8. The van der Waals surface area contributed by atoms with E-state index < -0.39 is 29.7 Å². The van der Waals surface area contributed by atoms with Crippen molar-refractivity contribution in [2.45, 2.75) is 38.6 Å². The maximum atomic E-state index is 13.3. The maximum absolute atomic E-state index is 13.3. The van der Waals surface area contributed by atoms with Crippen molar-refractivity contribution in [3.05, 3.63) is 120 Å². The molecule has 310 valence electrons. The number of hydrogen-bond acceptors (Lipinski definition) is 12. The van der Waals surface area contributed by atoms with E-state index in [2.05, 4.69) is 45.6 Å². The monoisotopic (exact) mass is 818 g/mol. The Morgan fingerprint density at radius 1 is 0.787 bits per heavy atom. The molecule has 1 atom stereocenters. The third kappa shape index (κ3) is 8.41. The number of hydrogen-bond donors (Lipinski definition) is 3. The molecule has 0 bridgehead atoms. The van der Waals surface area contributed by atoms with Crippen LogP contribution < -0.4 is 25.8 Å². The first kappa shape index (κ1) is 39.5. The lowest BCUT2D eigenvalue weighted by atomic mass is 9.95. The Kier molecular flexibility index (Phi) is 11.0. The highest BCUT2D eigenvalue weighted by Gasteiger charge is 2.45. The van der Waals surface area contributed by atoms with E-state index in [9.17, 15) is 24.0 Å². The second kappa shape index (κ2) is 16.9. The summed E-state index contributed by atoms with van der Waals surface area (Å²) in [6, 6.07) is 23.5. The number of imide groups is 2. The van der Waals surface area contributed by atoms with Crippen molar-refractivity contribution in [1.82, 2.24) is 30.1 Å². The van der Waals surface area contributed by atoms with E-state index in [1.54, 1.807) is 30.7 Å². The van der Waals surface area contributed by atoms with Crippen LogP contribution in [0.4, 0.5) is 28.7 Å². The summed E-state index contributed by atoms with van der Waals surface area (Å²) in [6.45, 7) is 8.30. The fourth-order valence-electron chi connectivity index (χ4n) is 8.66. The standard InChI is InChI=1S/C46H46N10O5/c1-29-4-7-33(25-39(29)51-46-48-18-14-38(50-46)32-3-2-17-47-27-32)49-42(58)31-5-8-34(9-6-31)54-19-15-30(16-20-54)28-53-21-23-55(24-22-53)35-10-11-36-37(26-35)45(61)56(44(36)60)40-12-13-41(57)52-43(40)59/h2-11,14,17-18,25-27,30,40H,12-13,15-16,19-24,28H2,1H3,(H,49,58)(H,48,50,51)(H,52,57,59). The van der Waals surface area contributed by atoms with Gasteiger partial charge in [0.1, 0.15) is 6.04 Å².